The van der Waals surface area contributed by atoms with E-state index in [9.17, 15) is 14.7 Å². The van der Waals surface area contributed by atoms with E-state index in [2.05, 4.69) is 19.9 Å². The van der Waals surface area contributed by atoms with Gasteiger partial charge < -0.3 is 19.0 Å². The van der Waals surface area contributed by atoms with Crippen molar-refractivity contribution in [3.8, 4) is 0 Å². The third kappa shape index (κ3) is 2.68. The highest BCUT2D eigenvalue weighted by Gasteiger charge is 2.66. The van der Waals surface area contributed by atoms with E-state index >= 15 is 0 Å². The van der Waals surface area contributed by atoms with Gasteiger partial charge in [-0.3, -0.25) is 4.79 Å². The predicted octanol–water partition coefficient (Wildman–Crippen LogP) is 4.51. The number of fused-ring (bicyclic) bond motifs is 5. The van der Waals surface area contributed by atoms with E-state index in [1.807, 2.05) is 32.9 Å². The largest absolute Gasteiger partial charge is 0.472 e. The highest BCUT2D eigenvalue weighted by molar-refractivity contribution is 5.85. The molecule has 0 amide bonds. The monoisotopic (exact) mass is 440 g/mol. The number of furan rings is 1. The van der Waals surface area contributed by atoms with Gasteiger partial charge in [-0.05, 0) is 48.2 Å². The number of carbonyl (C=O) groups is 2. The van der Waals surface area contributed by atoms with Gasteiger partial charge in [0, 0.05) is 29.4 Å². The molecule has 3 heterocycles. The van der Waals surface area contributed by atoms with Crippen LogP contribution in [-0.4, -0.2) is 28.8 Å². The quantitative estimate of drug-likeness (QED) is 0.511. The molecule has 2 aliphatic carbocycles. The topological polar surface area (TPSA) is 86.0 Å². The van der Waals surface area contributed by atoms with Crippen molar-refractivity contribution in [3.05, 3.63) is 48.0 Å². The van der Waals surface area contributed by atoms with E-state index in [1.54, 1.807) is 18.6 Å². The summed E-state index contributed by atoms with van der Waals surface area (Å²) in [7, 11) is 0. The molecule has 6 heteroatoms. The molecular weight excluding hydrogens is 408 g/mol. The summed E-state index contributed by atoms with van der Waals surface area (Å²) in [6, 6.07) is 1.82. The number of rotatable bonds is 1. The molecule has 5 rings (SSSR count). The van der Waals surface area contributed by atoms with Crippen LogP contribution < -0.4 is 0 Å². The van der Waals surface area contributed by atoms with Crippen molar-refractivity contribution in [2.24, 2.45) is 28.1 Å². The van der Waals surface area contributed by atoms with Gasteiger partial charge in [0.2, 0.25) is 0 Å². The van der Waals surface area contributed by atoms with Crippen molar-refractivity contribution in [1.29, 1.82) is 0 Å². The first-order chi connectivity index (χ1) is 14.9. The standard InChI is InChI=1S/C26H32O6/c1-23(2)17-12-21(29)32-26(5)16(24(17,3)10-7-19(23)27)6-9-25(4)18(26)13-20(28)31-22(25)15-8-11-30-14-15/h7-8,10-11,13-14,16-17,19,22,27H,6,9,12H2,1-5H3/t16?,17?,19-,22+,24-,25-,26?/m1/s1. The molecule has 1 saturated heterocycles. The lowest BCUT2D eigenvalue weighted by atomic mass is 9.46. The Morgan fingerprint density at radius 3 is 2.53 bits per heavy atom. The molecule has 4 aliphatic rings. The maximum absolute atomic E-state index is 13.2. The van der Waals surface area contributed by atoms with Crippen LogP contribution in [0.5, 0.6) is 0 Å². The van der Waals surface area contributed by atoms with E-state index in [1.165, 1.54) is 0 Å². The third-order valence-corrected chi connectivity index (χ3v) is 9.18. The number of esters is 2. The minimum atomic E-state index is -0.961. The van der Waals surface area contributed by atoms with Crippen molar-refractivity contribution in [2.75, 3.05) is 0 Å². The van der Waals surface area contributed by atoms with Crippen LogP contribution in [0.4, 0.5) is 0 Å². The molecule has 6 nitrogen and oxygen atoms in total. The Bertz CT molecular complexity index is 1020. The van der Waals surface area contributed by atoms with Gasteiger partial charge in [0.15, 0.2) is 0 Å². The summed E-state index contributed by atoms with van der Waals surface area (Å²) >= 11 is 0. The van der Waals surface area contributed by atoms with Gasteiger partial charge in [-0.2, -0.15) is 0 Å². The fourth-order valence-corrected chi connectivity index (χ4v) is 7.44. The molecule has 1 saturated carbocycles. The molecule has 1 N–H and O–H groups in total. The summed E-state index contributed by atoms with van der Waals surface area (Å²) in [6.45, 7) is 10.3. The number of hydrogen-bond donors (Lipinski definition) is 1. The Hall–Kier alpha value is -2.34. The van der Waals surface area contributed by atoms with Crippen molar-refractivity contribution >= 4 is 11.9 Å². The minimum absolute atomic E-state index is 0.0373. The number of carbonyl (C=O) groups excluding carboxylic acids is 2. The van der Waals surface area contributed by atoms with Crippen LogP contribution in [-0.2, 0) is 19.1 Å². The molecule has 172 valence electrons. The third-order valence-electron chi connectivity index (χ3n) is 9.18. The van der Waals surface area contributed by atoms with Crippen molar-refractivity contribution in [3.63, 3.8) is 0 Å². The summed E-state index contributed by atoms with van der Waals surface area (Å²) < 4.78 is 17.4. The number of aliphatic hydroxyl groups excluding tert-OH is 1. The Balaban J connectivity index is 1.67. The zero-order valence-electron chi connectivity index (χ0n) is 19.4. The smallest absolute Gasteiger partial charge is 0.331 e. The Morgan fingerprint density at radius 2 is 1.84 bits per heavy atom. The molecule has 1 aromatic rings. The first kappa shape index (κ1) is 21.5. The summed E-state index contributed by atoms with van der Waals surface area (Å²) in [6.07, 6.45) is 9.39. The van der Waals surface area contributed by atoms with Crippen molar-refractivity contribution < 1.29 is 28.6 Å². The maximum atomic E-state index is 13.2. The number of cyclic esters (lactones) is 1. The molecule has 3 unspecified atom stereocenters. The first-order valence-electron chi connectivity index (χ1n) is 11.5. The van der Waals surface area contributed by atoms with E-state index in [0.29, 0.717) is 0 Å². The van der Waals surface area contributed by atoms with Crippen LogP contribution in [0.25, 0.3) is 0 Å². The van der Waals surface area contributed by atoms with Crippen LogP contribution in [0.1, 0.15) is 65.5 Å². The maximum Gasteiger partial charge on any atom is 0.331 e. The summed E-state index contributed by atoms with van der Waals surface area (Å²) in [4.78, 5) is 26.0. The molecule has 32 heavy (non-hydrogen) atoms. The molecular formula is C26H32O6. The average Bonchev–Trinajstić information content (AvgIpc) is 3.21. The number of ether oxygens (including phenoxy) is 2. The number of aliphatic hydroxyl groups is 1. The zero-order valence-corrected chi connectivity index (χ0v) is 19.4. The SMILES string of the molecule is CC12OC(=O)CC3C(C)(C)[C@H](O)C=C[C@]3(C)C1CC[C@]1(C)C2=CC(=O)O[C@H]1c1ccoc1. The lowest BCUT2D eigenvalue weighted by Crippen LogP contribution is -2.59. The molecule has 1 aromatic heterocycles. The van der Waals surface area contributed by atoms with Crippen molar-refractivity contribution in [2.45, 2.75) is 71.7 Å². The summed E-state index contributed by atoms with van der Waals surface area (Å²) in [5.74, 6) is -0.836. The van der Waals surface area contributed by atoms with Crippen LogP contribution >= 0.6 is 0 Å². The number of allylic oxidation sites excluding steroid dienone is 1. The second-order valence-electron chi connectivity index (χ2n) is 11.3. The van der Waals surface area contributed by atoms with E-state index in [0.717, 1.165) is 24.0 Å². The predicted molar refractivity (Wildman–Crippen MR) is 116 cm³/mol. The Kier molecular flexibility index (Phi) is 4.43. The minimum Gasteiger partial charge on any atom is -0.472 e. The van der Waals surface area contributed by atoms with E-state index < -0.39 is 34.6 Å². The van der Waals surface area contributed by atoms with Gasteiger partial charge in [0.1, 0.15) is 11.7 Å². The second-order valence-corrected chi connectivity index (χ2v) is 11.3. The van der Waals surface area contributed by atoms with Crippen LogP contribution in [0, 0.1) is 28.1 Å². The molecule has 2 fully saturated rings. The van der Waals surface area contributed by atoms with E-state index in [-0.39, 0.29) is 29.6 Å². The molecule has 0 bridgehead atoms. The summed E-state index contributed by atoms with van der Waals surface area (Å²) in [5.41, 5.74) is -0.716. The fraction of sp³-hybridized carbons (Fsp3) is 0.615. The Morgan fingerprint density at radius 1 is 1.09 bits per heavy atom. The van der Waals surface area contributed by atoms with Gasteiger partial charge in [-0.25, -0.2) is 4.79 Å². The van der Waals surface area contributed by atoms with Gasteiger partial charge in [0.05, 0.1) is 18.6 Å². The van der Waals surface area contributed by atoms with Crippen LogP contribution in [0.2, 0.25) is 0 Å². The fourth-order valence-electron chi connectivity index (χ4n) is 7.44. The van der Waals surface area contributed by atoms with Gasteiger partial charge in [-0.1, -0.05) is 39.8 Å². The van der Waals surface area contributed by atoms with Gasteiger partial charge >= 0.3 is 11.9 Å². The normalized spacial score (nSPS) is 44.9. The lowest BCUT2D eigenvalue weighted by molar-refractivity contribution is -0.175. The highest BCUT2D eigenvalue weighted by atomic mass is 16.6. The average molecular weight is 441 g/mol. The highest BCUT2D eigenvalue weighted by Crippen LogP contribution is 2.66. The van der Waals surface area contributed by atoms with E-state index in [4.69, 9.17) is 13.9 Å². The van der Waals surface area contributed by atoms with Crippen LogP contribution in [0.3, 0.4) is 0 Å². The van der Waals surface area contributed by atoms with Gasteiger partial charge in [0.25, 0.3) is 0 Å². The second kappa shape index (κ2) is 6.60. The van der Waals surface area contributed by atoms with Crippen LogP contribution in [0.15, 0.2) is 46.8 Å². The number of hydrogen-bond acceptors (Lipinski definition) is 6. The molecule has 7 atom stereocenters. The molecule has 2 aliphatic heterocycles. The Labute approximate surface area is 188 Å². The van der Waals surface area contributed by atoms with Gasteiger partial charge in [-0.15, -0.1) is 0 Å². The zero-order chi connectivity index (χ0) is 23.1. The lowest BCUT2D eigenvalue weighted by Gasteiger charge is -2.59. The summed E-state index contributed by atoms with van der Waals surface area (Å²) in [5, 5.41) is 10.7. The first-order valence-corrected chi connectivity index (χ1v) is 11.5. The molecule has 0 aromatic carbocycles. The van der Waals surface area contributed by atoms with Crippen molar-refractivity contribution in [1.82, 2.24) is 0 Å². The molecule has 0 radical (unpaired) electrons. The molecule has 0 spiro atoms.